The molecule has 1 N–H and O–H groups in total. The fourth-order valence-electron chi connectivity index (χ4n) is 3.83. The third kappa shape index (κ3) is 4.69. The van der Waals surface area contributed by atoms with Gasteiger partial charge in [-0.3, -0.25) is 9.69 Å². The summed E-state index contributed by atoms with van der Waals surface area (Å²) in [5.41, 5.74) is 1.22. The Kier molecular flexibility index (Phi) is 5.60. The van der Waals surface area contributed by atoms with E-state index in [9.17, 15) is 9.59 Å². The summed E-state index contributed by atoms with van der Waals surface area (Å²) in [6, 6.07) is 0.160. The zero-order chi connectivity index (χ0) is 19.8. The number of ether oxygens (including phenoxy) is 1. The first-order valence-electron chi connectivity index (χ1n) is 9.98. The van der Waals surface area contributed by atoms with Crippen molar-refractivity contribution in [3.8, 4) is 0 Å². The van der Waals surface area contributed by atoms with E-state index in [2.05, 4.69) is 9.88 Å². The average molecular weight is 377 g/mol. The highest BCUT2D eigenvalue weighted by molar-refractivity contribution is 5.69. The minimum atomic E-state index is -0.480. The Morgan fingerprint density at radius 3 is 2.74 bits per heavy atom. The van der Waals surface area contributed by atoms with E-state index >= 15 is 0 Å². The fourth-order valence-corrected chi connectivity index (χ4v) is 3.83. The van der Waals surface area contributed by atoms with Gasteiger partial charge in [-0.25, -0.2) is 9.78 Å². The van der Waals surface area contributed by atoms with E-state index in [4.69, 9.17) is 9.72 Å². The van der Waals surface area contributed by atoms with Crippen molar-refractivity contribution < 1.29 is 9.53 Å². The molecule has 1 unspecified atom stereocenters. The van der Waals surface area contributed by atoms with Gasteiger partial charge in [-0.1, -0.05) is 13.8 Å². The van der Waals surface area contributed by atoms with Crippen molar-refractivity contribution in [1.82, 2.24) is 19.8 Å². The van der Waals surface area contributed by atoms with Crippen molar-refractivity contribution in [1.29, 1.82) is 0 Å². The first-order chi connectivity index (χ1) is 12.6. The lowest BCUT2D eigenvalue weighted by Crippen LogP contribution is -2.47. The highest BCUT2D eigenvalue weighted by atomic mass is 16.6. The van der Waals surface area contributed by atoms with Crippen LogP contribution in [0.1, 0.15) is 70.5 Å². The summed E-state index contributed by atoms with van der Waals surface area (Å²) < 4.78 is 5.57. The zero-order valence-electron chi connectivity index (χ0n) is 17.2. The summed E-state index contributed by atoms with van der Waals surface area (Å²) in [6.45, 7) is 12.8. The minimum Gasteiger partial charge on any atom is -0.444 e. The fraction of sp³-hybridized carbons (Fsp3) is 0.750. The van der Waals surface area contributed by atoms with E-state index in [1.807, 2.05) is 39.5 Å². The molecule has 7 heteroatoms. The number of aromatic amines is 1. The normalized spacial score (nSPS) is 20.8. The number of carbonyl (C=O) groups is 1. The first kappa shape index (κ1) is 19.9. The maximum absolute atomic E-state index is 12.5. The van der Waals surface area contributed by atoms with E-state index in [-0.39, 0.29) is 23.6 Å². The number of hydrogen-bond donors (Lipinski definition) is 1. The van der Waals surface area contributed by atoms with Crippen LogP contribution in [0.2, 0.25) is 0 Å². The standard InChI is InChI=1S/C20H32N4O3/c1-13(2)17-21-16-12-23(10-8-15(16)18(25)22-17)11-14-7-6-9-24(14)19(26)27-20(3,4)5/h13-14H,6-12H2,1-5H3,(H,21,22,25). The summed E-state index contributed by atoms with van der Waals surface area (Å²) in [4.78, 5) is 36.6. The number of hydrogen-bond acceptors (Lipinski definition) is 5. The molecule has 150 valence electrons. The summed E-state index contributed by atoms with van der Waals surface area (Å²) in [7, 11) is 0. The van der Waals surface area contributed by atoms with Gasteiger partial charge in [0.25, 0.3) is 5.56 Å². The molecule has 0 bridgehead atoms. The highest BCUT2D eigenvalue weighted by Crippen LogP contribution is 2.24. The molecule has 0 radical (unpaired) electrons. The Morgan fingerprint density at radius 1 is 1.33 bits per heavy atom. The Bertz CT molecular complexity index is 751. The van der Waals surface area contributed by atoms with Gasteiger partial charge in [0.05, 0.1) is 5.69 Å². The molecule has 1 fully saturated rings. The van der Waals surface area contributed by atoms with Crippen LogP contribution in [-0.4, -0.2) is 57.1 Å². The second-order valence-electron chi connectivity index (χ2n) is 8.99. The highest BCUT2D eigenvalue weighted by Gasteiger charge is 2.34. The van der Waals surface area contributed by atoms with Crippen molar-refractivity contribution in [2.24, 2.45) is 0 Å². The van der Waals surface area contributed by atoms with Crippen LogP contribution in [0.5, 0.6) is 0 Å². The van der Waals surface area contributed by atoms with Gasteiger partial charge in [-0.2, -0.15) is 0 Å². The molecule has 0 aliphatic carbocycles. The van der Waals surface area contributed by atoms with Crippen LogP contribution < -0.4 is 5.56 Å². The molecule has 0 spiro atoms. The van der Waals surface area contributed by atoms with Crippen LogP contribution in [0.3, 0.4) is 0 Å². The molecule has 2 aliphatic rings. The summed E-state index contributed by atoms with van der Waals surface area (Å²) in [5.74, 6) is 0.938. The van der Waals surface area contributed by atoms with Crippen LogP contribution in [0.15, 0.2) is 4.79 Å². The Morgan fingerprint density at radius 2 is 2.07 bits per heavy atom. The van der Waals surface area contributed by atoms with Gasteiger partial charge in [0.2, 0.25) is 0 Å². The van der Waals surface area contributed by atoms with Crippen LogP contribution in [0, 0.1) is 0 Å². The molecule has 3 rings (SSSR count). The van der Waals surface area contributed by atoms with Crippen molar-refractivity contribution >= 4 is 6.09 Å². The van der Waals surface area contributed by atoms with Gasteiger partial charge in [-0.05, 0) is 40.0 Å². The van der Waals surface area contributed by atoms with E-state index in [1.165, 1.54) is 0 Å². The molecule has 27 heavy (non-hydrogen) atoms. The Labute approximate surface area is 161 Å². The minimum absolute atomic E-state index is 0.000372. The molecule has 1 atom stereocenters. The van der Waals surface area contributed by atoms with Gasteiger partial charge >= 0.3 is 6.09 Å². The van der Waals surface area contributed by atoms with Crippen molar-refractivity contribution in [2.75, 3.05) is 19.6 Å². The number of fused-ring (bicyclic) bond motifs is 1. The SMILES string of the molecule is CC(C)c1nc2c(c(=O)[nH]1)CCN(CC1CCCN1C(=O)OC(C)(C)C)C2. The molecular weight excluding hydrogens is 344 g/mol. The van der Waals surface area contributed by atoms with Gasteiger partial charge in [0.15, 0.2) is 0 Å². The predicted octanol–water partition coefficient (Wildman–Crippen LogP) is 2.65. The second-order valence-corrected chi connectivity index (χ2v) is 8.99. The van der Waals surface area contributed by atoms with E-state index in [1.54, 1.807) is 0 Å². The van der Waals surface area contributed by atoms with E-state index < -0.39 is 5.60 Å². The number of H-pyrrole nitrogens is 1. The monoisotopic (exact) mass is 376 g/mol. The smallest absolute Gasteiger partial charge is 0.410 e. The largest absolute Gasteiger partial charge is 0.444 e. The van der Waals surface area contributed by atoms with Crippen molar-refractivity contribution in [3.63, 3.8) is 0 Å². The Balaban J connectivity index is 1.69. The Hall–Kier alpha value is -1.89. The molecule has 1 aromatic heterocycles. The number of aromatic nitrogens is 2. The molecule has 7 nitrogen and oxygen atoms in total. The zero-order valence-corrected chi connectivity index (χ0v) is 17.2. The molecule has 0 aromatic carbocycles. The average Bonchev–Trinajstić information content (AvgIpc) is 3.01. The lowest BCUT2D eigenvalue weighted by Gasteiger charge is -2.34. The molecular formula is C20H32N4O3. The van der Waals surface area contributed by atoms with Gasteiger partial charge in [0.1, 0.15) is 11.4 Å². The van der Waals surface area contributed by atoms with Crippen molar-refractivity contribution in [3.05, 3.63) is 27.4 Å². The topological polar surface area (TPSA) is 78.5 Å². The van der Waals surface area contributed by atoms with Gasteiger partial charge in [0, 0.05) is 43.7 Å². The first-order valence-corrected chi connectivity index (χ1v) is 9.98. The molecule has 0 saturated carbocycles. The maximum Gasteiger partial charge on any atom is 0.410 e. The van der Waals surface area contributed by atoms with Crippen molar-refractivity contribution in [2.45, 2.75) is 78.0 Å². The van der Waals surface area contributed by atoms with E-state index in [0.29, 0.717) is 13.0 Å². The molecule has 3 heterocycles. The summed E-state index contributed by atoms with van der Waals surface area (Å²) in [5, 5.41) is 0. The number of carbonyl (C=O) groups excluding carboxylic acids is 1. The maximum atomic E-state index is 12.5. The molecule has 1 amide bonds. The lowest BCUT2D eigenvalue weighted by atomic mass is 10.0. The summed E-state index contributed by atoms with van der Waals surface area (Å²) in [6.07, 6.45) is 2.47. The van der Waals surface area contributed by atoms with Gasteiger partial charge < -0.3 is 14.6 Å². The van der Waals surface area contributed by atoms with E-state index in [0.717, 1.165) is 49.6 Å². The number of nitrogens with zero attached hydrogens (tertiary/aromatic N) is 3. The lowest BCUT2D eigenvalue weighted by molar-refractivity contribution is 0.0191. The third-order valence-corrected chi connectivity index (χ3v) is 5.19. The van der Waals surface area contributed by atoms with Crippen LogP contribution in [0.25, 0.3) is 0 Å². The predicted molar refractivity (Wildman–Crippen MR) is 104 cm³/mol. The van der Waals surface area contributed by atoms with Gasteiger partial charge in [-0.15, -0.1) is 0 Å². The number of likely N-dealkylation sites (tertiary alicyclic amines) is 1. The quantitative estimate of drug-likeness (QED) is 0.877. The molecule has 2 aliphatic heterocycles. The number of amides is 1. The third-order valence-electron chi connectivity index (χ3n) is 5.19. The van der Waals surface area contributed by atoms with Crippen LogP contribution in [0.4, 0.5) is 4.79 Å². The van der Waals surface area contributed by atoms with Crippen LogP contribution in [-0.2, 0) is 17.7 Å². The van der Waals surface area contributed by atoms with Crippen LogP contribution >= 0.6 is 0 Å². The molecule has 1 aromatic rings. The number of nitrogens with one attached hydrogen (secondary N) is 1. The molecule has 1 saturated heterocycles. The number of rotatable bonds is 3. The second kappa shape index (κ2) is 7.62. The summed E-state index contributed by atoms with van der Waals surface area (Å²) >= 11 is 0.